The van der Waals surface area contributed by atoms with E-state index < -0.39 is 16.1 Å². The lowest BCUT2D eigenvalue weighted by Gasteiger charge is -2.29. The summed E-state index contributed by atoms with van der Waals surface area (Å²) in [5.41, 5.74) is 4.64. The van der Waals surface area contributed by atoms with Crippen molar-refractivity contribution in [2.75, 3.05) is 4.90 Å². The number of carbonyl (C=O) groups excluding carboxylic acids is 1. The third-order valence-electron chi connectivity index (χ3n) is 8.28. The average molecular weight is 573 g/mol. The lowest BCUT2D eigenvalue weighted by molar-refractivity contribution is -0.120. The Morgan fingerprint density at radius 2 is 1.85 bits per heavy atom. The molecule has 0 spiro atoms. The molecule has 2 aliphatic carbocycles. The molecule has 7 nitrogen and oxygen atoms in total. The van der Waals surface area contributed by atoms with Crippen LogP contribution in [-0.4, -0.2) is 23.9 Å². The highest BCUT2D eigenvalue weighted by Crippen LogP contribution is 2.49. The second-order valence-corrected chi connectivity index (χ2v) is 12.9. The third kappa shape index (κ3) is 5.69. The molecule has 1 amide bonds. The molecule has 2 aliphatic rings. The van der Waals surface area contributed by atoms with Crippen molar-refractivity contribution < 1.29 is 17.6 Å². The molecule has 1 N–H and O–H groups in total. The Hall–Kier alpha value is -3.82. The van der Waals surface area contributed by atoms with Gasteiger partial charge in [0.2, 0.25) is 15.9 Å². The lowest BCUT2D eigenvalue weighted by atomic mass is 9.87. The fourth-order valence-corrected chi connectivity index (χ4v) is 7.03. The van der Waals surface area contributed by atoms with E-state index in [9.17, 15) is 17.6 Å². The molecule has 0 radical (unpaired) electrons. The first-order valence-corrected chi connectivity index (χ1v) is 15.4. The van der Waals surface area contributed by atoms with E-state index in [1.54, 1.807) is 47.5 Å². The number of nitrogens with one attached hydrogen (secondary N) is 1. The molecule has 3 atom stereocenters. The summed E-state index contributed by atoms with van der Waals surface area (Å²) in [6.07, 6.45) is 6.64. The molecule has 3 aromatic carbocycles. The van der Waals surface area contributed by atoms with Crippen molar-refractivity contribution in [3.05, 3.63) is 113 Å². The summed E-state index contributed by atoms with van der Waals surface area (Å²) in [5.74, 6) is 0.253. The highest BCUT2D eigenvalue weighted by atomic mass is 32.2. The molecule has 1 aromatic heterocycles. The molecule has 1 heterocycles. The zero-order chi connectivity index (χ0) is 28.7. The van der Waals surface area contributed by atoms with E-state index in [1.807, 2.05) is 42.9 Å². The van der Waals surface area contributed by atoms with Gasteiger partial charge in [-0.05, 0) is 91.6 Å². The lowest BCUT2D eigenvalue weighted by Crippen LogP contribution is -2.34. The van der Waals surface area contributed by atoms with E-state index >= 15 is 0 Å². The van der Waals surface area contributed by atoms with Gasteiger partial charge in [0.05, 0.1) is 11.4 Å². The molecule has 1 fully saturated rings. The monoisotopic (exact) mass is 572 g/mol. The Morgan fingerprint density at radius 3 is 2.56 bits per heavy atom. The first-order chi connectivity index (χ1) is 19.7. The number of rotatable bonds is 8. The summed E-state index contributed by atoms with van der Waals surface area (Å²) in [6.45, 7) is 2.21. The number of nitrogens with zero attached hydrogens (tertiary/aromatic N) is 3. The molecule has 9 heteroatoms. The third-order valence-corrected chi connectivity index (χ3v) is 9.76. The van der Waals surface area contributed by atoms with E-state index in [2.05, 4.69) is 9.71 Å². The minimum Gasteiger partial charge on any atom is -0.337 e. The van der Waals surface area contributed by atoms with Gasteiger partial charge in [-0.3, -0.25) is 4.79 Å². The number of sulfonamides is 1. The summed E-state index contributed by atoms with van der Waals surface area (Å²) >= 11 is 0. The summed E-state index contributed by atoms with van der Waals surface area (Å²) in [7, 11) is -1.84. The number of benzene rings is 3. The summed E-state index contributed by atoms with van der Waals surface area (Å²) < 4.78 is 44.9. The highest BCUT2D eigenvalue weighted by Gasteiger charge is 2.46. The van der Waals surface area contributed by atoms with Gasteiger partial charge in [0.15, 0.2) is 0 Å². The second kappa shape index (κ2) is 10.9. The molecule has 1 saturated carbocycles. The standard InChI is InChI=1S/C32H33FN4O3S/c1-21-6-14-26(15-7-21)41(39,40)35-30-5-3-4-22-10-13-25(18-28(22)30)37(20-31-34-16-17-36(31)2)32(38)29-19-27(29)23-8-11-24(33)12-9-23/h6-18,27,29-30,35H,3-5,19-20H2,1-2H3/t27-,29+,30+/m0/s1. The molecule has 0 saturated heterocycles. The number of anilines is 1. The van der Waals surface area contributed by atoms with Crippen LogP contribution < -0.4 is 9.62 Å². The minimum absolute atomic E-state index is 0.0186. The maximum Gasteiger partial charge on any atom is 0.241 e. The number of aryl methyl sites for hydroxylation is 3. The minimum atomic E-state index is -3.73. The average Bonchev–Trinajstić information content (AvgIpc) is 3.66. The SMILES string of the molecule is Cc1ccc(S(=O)(=O)N[C@@H]2CCCc3ccc(N(Cc4nccn4C)C(=O)[C@@H]4C[C@H]4c4ccc(F)cc4)cc32)cc1. The normalized spacial score (nSPS) is 19.9. The van der Waals surface area contributed by atoms with Gasteiger partial charge in [-0.2, -0.15) is 0 Å². The summed E-state index contributed by atoms with van der Waals surface area (Å²) in [6, 6.07) is 18.7. The Labute approximate surface area is 240 Å². The van der Waals surface area contributed by atoms with Gasteiger partial charge < -0.3 is 9.47 Å². The maximum absolute atomic E-state index is 14.0. The van der Waals surface area contributed by atoms with Crippen LogP contribution in [0.1, 0.15) is 59.3 Å². The largest absolute Gasteiger partial charge is 0.337 e. The van der Waals surface area contributed by atoms with Crippen LogP contribution in [0.25, 0.3) is 0 Å². The van der Waals surface area contributed by atoms with Crippen LogP contribution in [0.5, 0.6) is 0 Å². The van der Waals surface area contributed by atoms with E-state index in [0.717, 1.165) is 40.9 Å². The maximum atomic E-state index is 14.0. The number of aromatic nitrogens is 2. The first-order valence-electron chi connectivity index (χ1n) is 13.9. The Balaban J connectivity index is 1.31. The molecule has 4 aromatic rings. The highest BCUT2D eigenvalue weighted by molar-refractivity contribution is 7.89. The van der Waals surface area contributed by atoms with Gasteiger partial charge in [-0.1, -0.05) is 35.9 Å². The number of imidazole rings is 1. The predicted molar refractivity (Wildman–Crippen MR) is 155 cm³/mol. The number of carbonyl (C=O) groups is 1. The van der Waals surface area contributed by atoms with E-state index in [1.165, 1.54) is 12.1 Å². The molecule has 0 unspecified atom stereocenters. The first kappa shape index (κ1) is 27.4. The van der Waals surface area contributed by atoms with Gasteiger partial charge in [0.25, 0.3) is 0 Å². The van der Waals surface area contributed by atoms with Crippen molar-refractivity contribution in [2.24, 2.45) is 13.0 Å². The zero-order valence-electron chi connectivity index (χ0n) is 23.1. The molecule has 212 valence electrons. The smallest absolute Gasteiger partial charge is 0.241 e. The Morgan fingerprint density at radius 1 is 1.10 bits per heavy atom. The quantitative estimate of drug-likeness (QED) is 0.300. The van der Waals surface area contributed by atoms with Crippen LogP contribution in [-0.2, 0) is 34.8 Å². The van der Waals surface area contributed by atoms with Crippen molar-refractivity contribution >= 4 is 21.6 Å². The molecule has 0 bridgehead atoms. The number of fused-ring (bicyclic) bond motifs is 1. The van der Waals surface area contributed by atoms with Crippen molar-refractivity contribution in [1.82, 2.24) is 14.3 Å². The van der Waals surface area contributed by atoms with Gasteiger partial charge in [-0.25, -0.2) is 22.5 Å². The van der Waals surface area contributed by atoms with Crippen LogP contribution in [0.2, 0.25) is 0 Å². The molecule has 41 heavy (non-hydrogen) atoms. The topological polar surface area (TPSA) is 84.3 Å². The van der Waals surface area contributed by atoms with E-state index in [4.69, 9.17) is 0 Å². The Kier molecular flexibility index (Phi) is 7.25. The molecular weight excluding hydrogens is 539 g/mol. The number of halogens is 1. The molecular formula is C32H33FN4O3S. The van der Waals surface area contributed by atoms with Gasteiger partial charge in [-0.15, -0.1) is 0 Å². The summed E-state index contributed by atoms with van der Waals surface area (Å²) in [4.78, 5) is 20.4. The fourth-order valence-electron chi connectivity index (χ4n) is 5.78. The van der Waals surface area contributed by atoms with Crippen LogP contribution in [0.4, 0.5) is 10.1 Å². The second-order valence-electron chi connectivity index (χ2n) is 11.1. The fraction of sp³-hybridized carbons (Fsp3) is 0.312. The van der Waals surface area contributed by atoms with Gasteiger partial charge in [0.1, 0.15) is 11.6 Å². The van der Waals surface area contributed by atoms with E-state index in [0.29, 0.717) is 18.5 Å². The van der Waals surface area contributed by atoms with Crippen LogP contribution in [0, 0.1) is 18.7 Å². The van der Waals surface area contributed by atoms with Crippen LogP contribution >= 0.6 is 0 Å². The van der Waals surface area contributed by atoms with Crippen molar-refractivity contribution in [3.8, 4) is 0 Å². The Bertz CT molecular complexity index is 1680. The predicted octanol–water partition coefficient (Wildman–Crippen LogP) is 5.56. The number of amides is 1. The van der Waals surface area contributed by atoms with Crippen molar-refractivity contribution in [1.29, 1.82) is 0 Å². The van der Waals surface area contributed by atoms with Crippen molar-refractivity contribution in [2.45, 2.75) is 56.0 Å². The molecule has 6 rings (SSSR count). The number of hydrogen-bond donors (Lipinski definition) is 1. The van der Waals surface area contributed by atoms with Crippen LogP contribution in [0.15, 0.2) is 84.0 Å². The van der Waals surface area contributed by atoms with Crippen molar-refractivity contribution in [3.63, 3.8) is 0 Å². The zero-order valence-corrected chi connectivity index (χ0v) is 23.9. The molecule has 0 aliphatic heterocycles. The van der Waals surface area contributed by atoms with E-state index in [-0.39, 0.29) is 35.0 Å². The van der Waals surface area contributed by atoms with Gasteiger partial charge in [0, 0.05) is 37.1 Å². The van der Waals surface area contributed by atoms with Gasteiger partial charge >= 0.3 is 0 Å². The van der Waals surface area contributed by atoms with Crippen LogP contribution in [0.3, 0.4) is 0 Å². The summed E-state index contributed by atoms with van der Waals surface area (Å²) in [5, 5.41) is 0. The number of hydrogen-bond acceptors (Lipinski definition) is 4.